The highest BCUT2D eigenvalue weighted by atomic mass is 32.2. The van der Waals surface area contributed by atoms with Crippen molar-refractivity contribution < 1.29 is 27.4 Å². The molecule has 0 saturated carbocycles. The van der Waals surface area contributed by atoms with Gasteiger partial charge in [0.15, 0.2) is 15.6 Å². The highest BCUT2D eigenvalue weighted by Gasteiger charge is 2.48. The molecule has 28 heavy (non-hydrogen) atoms. The lowest BCUT2D eigenvalue weighted by Gasteiger charge is -2.24. The summed E-state index contributed by atoms with van der Waals surface area (Å²) in [4.78, 5) is 0.319. The van der Waals surface area contributed by atoms with Crippen molar-refractivity contribution in [2.24, 2.45) is 5.92 Å². The SMILES string of the molecule is C=CC[C@@H]1O[C@H](C[C@H]2COC(C)(C)O2)[C@H](OC)C1CS(=O)(=O)c1ccccc1. The fourth-order valence-corrected chi connectivity index (χ4v) is 5.79. The van der Waals surface area contributed by atoms with Crippen LogP contribution in [0.5, 0.6) is 0 Å². The van der Waals surface area contributed by atoms with Crippen LogP contribution in [-0.4, -0.2) is 58.1 Å². The van der Waals surface area contributed by atoms with Crippen LogP contribution in [0.1, 0.15) is 26.7 Å². The van der Waals surface area contributed by atoms with E-state index in [0.29, 0.717) is 24.3 Å². The molecule has 6 nitrogen and oxygen atoms in total. The van der Waals surface area contributed by atoms with E-state index in [9.17, 15) is 8.42 Å². The molecule has 7 heteroatoms. The number of methoxy groups -OCH3 is 1. The lowest BCUT2D eigenvalue weighted by atomic mass is 9.94. The van der Waals surface area contributed by atoms with Gasteiger partial charge in [0.1, 0.15) is 0 Å². The molecule has 156 valence electrons. The first-order valence-corrected chi connectivity index (χ1v) is 11.3. The number of rotatable bonds is 8. The van der Waals surface area contributed by atoms with E-state index in [1.807, 2.05) is 13.8 Å². The molecule has 0 spiro atoms. The molecule has 2 heterocycles. The molecule has 2 aliphatic rings. The van der Waals surface area contributed by atoms with E-state index in [1.165, 1.54) is 0 Å². The van der Waals surface area contributed by atoms with Crippen molar-refractivity contribution in [3.63, 3.8) is 0 Å². The van der Waals surface area contributed by atoms with Crippen LogP contribution in [-0.2, 0) is 28.8 Å². The Morgan fingerprint density at radius 3 is 2.54 bits per heavy atom. The average Bonchev–Trinajstić information content (AvgIpc) is 3.15. The van der Waals surface area contributed by atoms with Crippen LogP contribution in [0, 0.1) is 5.92 Å². The number of ether oxygens (including phenoxy) is 4. The summed E-state index contributed by atoms with van der Waals surface area (Å²) in [5.74, 6) is -0.922. The summed E-state index contributed by atoms with van der Waals surface area (Å²) in [7, 11) is -1.85. The molecule has 2 aliphatic heterocycles. The molecule has 0 bridgehead atoms. The van der Waals surface area contributed by atoms with Crippen LogP contribution in [0.3, 0.4) is 0 Å². The van der Waals surface area contributed by atoms with Gasteiger partial charge in [-0.3, -0.25) is 0 Å². The minimum Gasteiger partial charge on any atom is -0.378 e. The van der Waals surface area contributed by atoms with Crippen molar-refractivity contribution in [1.82, 2.24) is 0 Å². The summed E-state index contributed by atoms with van der Waals surface area (Å²) in [5.41, 5.74) is 0. The van der Waals surface area contributed by atoms with E-state index in [2.05, 4.69) is 6.58 Å². The van der Waals surface area contributed by atoms with Gasteiger partial charge >= 0.3 is 0 Å². The van der Waals surface area contributed by atoms with Gasteiger partial charge in [-0.15, -0.1) is 6.58 Å². The Balaban J connectivity index is 1.77. The van der Waals surface area contributed by atoms with Crippen molar-refractivity contribution >= 4 is 9.84 Å². The number of benzene rings is 1. The smallest absolute Gasteiger partial charge is 0.178 e. The molecule has 3 rings (SSSR count). The van der Waals surface area contributed by atoms with Gasteiger partial charge in [-0.05, 0) is 32.4 Å². The quantitative estimate of drug-likeness (QED) is 0.614. The second-order valence-electron chi connectivity index (χ2n) is 7.88. The summed E-state index contributed by atoms with van der Waals surface area (Å²) in [6.07, 6.45) is 1.97. The predicted octanol–water partition coefficient (Wildman–Crippen LogP) is 2.98. The van der Waals surface area contributed by atoms with Crippen molar-refractivity contribution in [2.75, 3.05) is 19.5 Å². The molecule has 0 aliphatic carbocycles. The third-order valence-electron chi connectivity index (χ3n) is 5.36. The third kappa shape index (κ3) is 4.83. The zero-order chi connectivity index (χ0) is 20.4. The van der Waals surface area contributed by atoms with Crippen LogP contribution in [0.25, 0.3) is 0 Å². The molecular formula is C21H30O6S. The zero-order valence-corrected chi connectivity index (χ0v) is 17.6. The van der Waals surface area contributed by atoms with Crippen molar-refractivity contribution in [2.45, 2.75) is 61.8 Å². The van der Waals surface area contributed by atoms with Gasteiger partial charge in [-0.1, -0.05) is 24.3 Å². The van der Waals surface area contributed by atoms with Gasteiger partial charge in [0.2, 0.25) is 0 Å². The summed E-state index contributed by atoms with van der Waals surface area (Å²) in [5, 5.41) is 0. The van der Waals surface area contributed by atoms with Gasteiger partial charge in [0.05, 0.1) is 41.7 Å². The van der Waals surface area contributed by atoms with E-state index in [1.54, 1.807) is 43.5 Å². The molecule has 2 fully saturated rings. The molecule has 0 amide bonds. The van der Waals surface area contributed by atoms with E-state index in [0.717, 1.165) is 0 Å². The Morgan fingerprint density at radius 1 is 1.25 bits per heavy atom. The molecule has 1 aromatic rings. The molecular weight excluding hydrogens is 380 g/mol. The van der Waals surface area contributed by atoms with Crippen molar-refractivity contribution in [3.05, 3.63) is 43.0 Å². The largest absolute Gasteiger partial charge is 0.378 e. The summed E-state index contributed by atoms with van der Waals surface area (Å²) in [6.45, 7) is 8.05. The van der Waals surface area contributed by atoms with Gasteiger partial charge in [-0.2, -0.15) is 0 Å². The van der Waals surface area contributed by atoms with Crippen LogP contribution >= 0.6 is 0 Å². The molecule has 1 unspecified atom stereocenters. The average molecular weight is 411 g/mol. The van der Waals surface area contributed by atoms with Gasteiger partial charge in [0.25, 0.3) is 0 Å². The molecule has 0 N–H and O–H groups in total. The Kier molecular flexibility index (Phi) is 6.61. The van der Waals surface area contributed by atoms with Crippen LogP contribution in [0.2, 0.25) is 0 Å². The van der Waals surface area contributed by atoms with Gasteiger partial charge in [-0.25, -0.2) is 8.42 Å². The third-order valence-corrected chi connectivity index (χ3v) is 7.18. The minimum absolute atomic E-state index is 0.0297. The maximum Gasteiger partial charge on any atom is 0.178 e. The zero-order valence-electron chi connectivity index (χ0n) is 16.7. The van der Waals surface area contributed by atoms with Crippen molar-refractivity contribution in [1.29, 1.82) is 0 Å². The fourth-order valence-electron chi connectivity index (χ4n) is 4.12. The molecule has 5 atom stereocenters. The molecule has 0 aromatic heterocycles. The molecule has 1 aromatic carbocycles. The Bertz CT molecular complexity index is 760. The maximum absolute atomic E-state index is 13.0. The first-order valence-electron chi connectivity index (χ1n) is 9.64. The van der Waals surface area contributed by atoms with E-state index in [-0.39, 0.29) is 36.1 Å². The van der Waals surface area contributed by atoms with Crippen LogP contribution < -0.4 is 0 Å². The Hall–Kier alpha value is -1.25. The fraction of sp³-hybridized carbons (Fsp3) is 0.619. The standard InChI is InChI=1S/C21H30O6S/c1-5-9-18-17(14-28(22,23)16-10-7-6-8-11-16)20(24-4)19(26-18)12-15-13-25-21(2,3)27-15/h5-8,10-11,15,17-20H,1,9,12-14H2,2-4H3/t15-,17?,18-,19+,20+/m0/s1. The van der Waals surface area contributed by atoms with E-state index >= 15 is 0 Å². The summed E-state index contributed by atoms with van der Waals surface area (Å²) < 4.78 is 49.4. The van der Waals surface area contributed by atoms with Crippen LogP contribution in [0.15, 0.2) is 47.9 Å². The molecule has 0 radical (unpaired) electrons. The van der Waals surface area contributed by atoms with Gasteiger partial charge < -0.3 is 18.9 Å². The predicted molar refractivity (Wildman–Crippen MR) is 106 cm³/mol. The lowest BCUT2D eigenvalue weighted by molar-refractivity contribution is -0.144. The Morgan fingerprint density at radius 2 is 1.96 bits per heavy atom. The van der Waals surface area contributed by atoms with E-state index in [4.69, 9.17) is 18.9 Å². The molecule has 2 saturated heterocycles. The van der Waals surface area contributed by atoms with Crippen molar-refractivity contribution in [3.8, 4) is 0 Å². The Labute approximate surface area is 167 Å². The second kappa shape index (κ2) is 8.63. The highest BCUT2D eigenvalue weighted by Crippen LogP contribution is 2.37. The van der Waals surface area contributed by atoms with Gasteiger partial charge in [0, 0.05) is 19.4 Å². The minimum atomic E-state index is -3.46. The monoisotopic (exact) mass is 410 g/mol. The first kappa shape index (κ1) is 21.5. The number of hydrogen-bond donors (Lipinski definition) is 0. The second-order valence-corrected chi connectivity index (χ2v) is 9.92. The topological polar surface area (TPSA) is 71.1 Å². The normalized spacial score (nSPS) is 32.5. The first-order chi connectivity index (χ1) is 13.3. The lowest BCUT2D eigenvalue weighted by Crippen LogP contribution is -2.36. The number of sulfone groups is 1. The maximum atomic E-state index is 13.0. The van der Waals surface area contributed by atoms with E-state index < -0.39 is 15.6 Å². The van der Waals surface area contributed by atoms with Crippen LogP contribution in [0.4, 0.5) is 0 Å². The summed E-state index contributed by atoms with van der Waals surface area (Å²) >= 11 is 0. The summed E-state index contributed by atoms with van der Waals surface area (Å²) in [6, 6.07) is 8.51. The highest BCUT2D eigenvalue weighted by molar-refractivity contribution is 7.91. The number of hydrogen-bond acceptors (Lipinski definition) is 6.